The Labute approximate surface area is 191 Å². The smallest absolute Gasteiger partial charge is 0.248 e. The Balaban J connectivity index is 0.00000420. The molecule has 6 heteroatoms. The quantitative estimate of drug-likeness (QED) is 0.287. The van der Waals surface area contributed by atoms with Gasteiger partial charge in [-0.05, 0) is 42.2 Å². The molecule has 0 bridgehead atoms. The summed E-state index contributed by atoms with van der Waals surface area (Å²) in [7, 11) is 0. The lowest BCUT2D eigenvalue weighted by Crippen LogP contribution is -2.43. The van der Waals surface area contributed by atoms with E-state index in [0.29, 0.717) is 12.1 Å². The first-order chi connectivity index (χ1) is 13.4. The summed E-state index contributed by atoms with van der Waals surface area (Å²) in [5, 5.41) is 6.72. The third kappa shape index (κ3) is 7.68. The zero-order valence-electron chi connectivity index (χ0n) is 17.8. The number of nitrogens with two attached hydrogens (primary N) is 1. The van der Waals surface area contributed by atoms with E-state index in [1.807, 2.05) is 19.1 Å². The first-order valence-electron chi connectivity index (χ1n) is 9.86. The molecule has 4 N–H and O–H groups in total. The number of hydrogen-bond donors (Lipinski definition) is 3. The monoisotopic (exact) mass is 508 g/mol. The molecule has 0 unspecified atom stereocenters. The first kappa shape index (κ1) is 24.9. The number of aryl methyl sites for hydroxylation is 1. The Morgan fingerprint density at radius 1 is 1.03 bits per heavy atom. The van der Waals surface area contributed by atoms with Gasteiger partial charge in [-0.2, -0.15) is 0 Å². The van der Waals surface area contributed by atoms with E-state index in [1.54, 1.807) is 12.1 Å². The van der Waals surface area contributed by atoms with Crippen molar-refractivity contribution in [2.24, 2.45) is 10.7 Å². The number of aliphatic imine (C=N–C) groups is 1. The third-order valence-electron chi connectivity index (χ3n) is 4.82. The Morgan fingerprint density at radius 2 is 1.72 bits per heavy atom. The Hall–Kier alpha value is -2.09. The summed E-state index contributed by atoms with van der Waals surface area (Å²) in [6.45, 7) is 10.7. The van der Waals surface area contributed by atoms with Crippen molar-refractivity contribution in [1.82, 2.24) is 10.6 Å². The number of nitrogens with zero attached hydrogens (tertiary/aromatic N) is 1. The maximum Gasteiger partial charge on any atom is 0.248 e. The molecule has 1 amide bonds. The number of hydrogen-bond acceptors (Lipinski definition) is 2. The van der Waals surface area contributed by atoms with Crippen molar-refractivity contribution in [3.63, 3.8) is 0 Å². The molecule has 0 spiro atoms. The van der Waals surface area contributed by atoms with Crippen LogP contribution in [0.25, 0.3) is 0 Å². The number of benzene rings is 2. The van der Waals surface area contributed by atoms with Crippen molar-refractivity contribution in [3.8, 4) is 0 Å². The molecule has 0 aliphatic heterocycles. The van der Waals surface area contributed by atoms with Crippen LogP contribution in [0.3, 0.4) is 0 Å². The van der Waals surface area contributed by atoms with E-state index in [1.165, 1.54) is 11.1 Å². The molecule has 0 saturated carbocycles. The maximum atomic E-state index is 11.3. The lowest BCUT2D eigenvalue weighted by Gasteiger charge is -2.27. The van der Waals surface area contributed by atoms with Crippen LogP contribution in [0.15, 0.2) is 53.5 Å². The molecule has 0 fully saturated rings. The Bertz CT molecular complexity index is 816. The number of halogens is 1. The van der Waals surface area contributed by atoms with Crippen LogP contribution in [0.2, 0.25) is 0 Å². The molecule has 0 radical (unpaired) electrons. The van der Waals surface area contributed by atoms with E-state index in [2.05, 4.69) is 60.7 Å². The van der Waals surface area contributed by atoms with Crippen LogP contribution in [0.5, 0.6) is 0 Å². The lowest BCUT2D eigenvalue weighted by molar-refractivity contribution is 0.1000. The van der Waals surface area contributed by atoms with Crippen molar-refractivity contribution in [3.05, 3.63) is 70.8 Å². The molecule has 2 rings (SSSR count). The van der Waals surface area contributed by atoms with Crippen molar-refractivity contribution < 1.29 is 4.79 Å². The molecule has 0 heterocycles. The van der Waals surface area contributed by atoms with Gasteiger partial charge in [-0.15, -0.1) is 24.0 Å². The number of carbonyl (C=O) groups is 1. The van der Waals surface area contributed by atoms with Gasteiger partial charge in [-0.3, -0.25) is 4.79 Å². The van der Waals surface area contributed by atoms with E-state index < -0.39 is 5.91 Å². The van der Waals surface area contributed by atoms with Gasteiger partial charge in [-0.25, -0.2) is 4.99 Å². The topological polar surface area (TPSA) is 79.5 Å². The van der Waals surface area contributed by atoms with Gasteiger partial charge >= 0.3 is 0 Å². The highest BCUT2D eigenvalue weighted by Gasteiger charge is 2.20. The number of nitrogens with one attached hydrogen (secondary N) is 2. The molecule has 0 aliphatic rings. The number of rotatable bonds is 8. The summed E-state index contributed by atoms with van der Waals surface area (Å²) < 4.78 is 0. The SMILES string of the molecule is CCNC(=NCc1cccc(C(N)=O)c1)NCC(C)(C)c1ccc(CC)cc1.I. The average molecular weight is 508 g/mol. The predicted molar refractivity (Wildman–Crippen MR) is 132 cm³/mol. The molecular formula is C23H33IN4O. The molecule has 0 aromatic heterocycles. The molecule has 5 nitrogen and oxygen atoms in total. The van der Waals surface area contributed by atoms with E-state index in [9.17, 15) is 4.79 Å². The molecule has 29 heavy (non-hydrogen) atoms. The fraction of sp³-hybridized carbons (Fsp3) is 0.391. The second-order valence-corrected chi connectivity index (χ2v) is 7.55. The van der Waals surface area contributed by atoms with Crippen LogP contribution >= 0.6 is 24.0 Å². The van der Waals surface area contributed by atoms with Crippen molar-refractivity contribution >= 4 is 35.8 Å². The van der Waals surface area contributed by atoms with Crippen LogP contribution in [-0.2, 0) is 18.4 Å². The second-order valence-electron chi connectivity index (χ2n) is 7.55. The minimum atomic E-state index is -0.424. The second kappa shape index (κ2) is 11.8. The summed E-state index contributed by atoms with van der Waals surface area (Å²) in [6, 6.07) is 16.1. The van der Waals surface area contributed by atoms with Gasteiger partial charge in [0.25, 0.3) is 0 Å². The first-order valence-corrected chi connectivity index (χ1v) is 9.86. The highest BCUT2D eigenvalue weighted by Crippen LogP contribution is 2.22. The van der Waals surface area contributed by atoms with E-state index in [4.69, 9.17) is 5.73 Å². The Kier molecular flexibility index (Phi) is 10.2. The van der Waals surface area contributed by atoms with Gasteiger partial charge < -0.3 is 16.4 Å². The van der Waals surface area contributed by atoms with Crippen LogP contribution in [0.1, 0.15) is 54.7 Å². The van der Waals surface area contributed by atoms with Gasteiger partial charge in [-0.1, -0.05) is 57.2 Å². The largest absolute Gasteiger partial charge is 0.366 e. The average Bonchev–Trinajstić information content (AvgIpc) is 2.70. The highest BCUT2D eigenvalue weighted by atomic mass is 127. The molecule has 0 atom stereocenters. The van der Waals surface area contributed by atoms with Crippen molar-refractivity contribution in [1.29, 1.82) is 0 Å². The van der Waals surface area contributed by atoms with Crippen LogP contribution in [0.4, 0.5) is 0 Å². The number of primary amides is 1. The minimum absolute atomic E-state index is 0. The van der Waals surface area contributed by atoms with E-state index >= 15 is 0 Å². The van der Waals surface area contributed by atoms with Gasteiger partial charge in [0.05, 0.1) is 6.54 Å². The highest BCUT2D eigenvalue weighted by molar-refractivity contribution is 14.0. The van der Waals surface area contributed by atoms with E-state index in [0.717, 1.165) is 31.0 Å². The summed E-state index contributed by atoms with van der Waals surface area (Å²) in [5.41, 5.74) is 9.41. The number of amides is 1. The van der Waals surface area contributed by atoms with Crippen LogP contribution in [-0.4, -0.2) is 25.0 Å². The van der Waals surface area contributed by atoms with Gasteiger partial charge in [0, 0.05) is 24.1 Å². The van der Waals surface area contributed by atoms with Gasteiger partial charge in [0.1, 0.15) is 0 Å². The summed E-state index contributed by atoms with van der Waals surface area (Å²) in [6.07, 6.45) is 1.05. The molecule has 158 valence electrons. The Morgan fingerprint density at radius 3 is 2.31 bits per heavy atom. The molecule has 2 aromatic rings. The zero-order chi connectivity index (χ0) is 20.6. The summed E-state index contributed by atoms with van der Waals surface area (Å²) in [4.78, 5) is 16.0. The number of guanidine groups is 1. The zero-order valence-corrected chi connectivity index (χ0v) is 20.1. The summed E-state index contributed by atoms with van der Waals surface area (Å²) >= 11 is 0. The van der Waals surface area contributed by atoms with Gasteiger partial charge in [0.15, 0.2) is 5.96 Å². The van der Waals surface area contributed by atoms with Crippen molar-refractivity contribution in [2.45, 2.75) is 46.1 Å². The fourth-order valence-electron chi connectivity index (χ4n) is 2.93. The molecular weight excluding hydrogens is 475 g/mol. The molecule has 0 aliphatic carbocycles. The van der Waals surface area contributed by atoms with Crippen molar-refractivity contribution in [2.75, 3.05) is 13.1 Å². The predicted octanol–water partition coefficient (Wildman–Crippen LogP) is 4.00. The maximum absolute atomic E-state index is 11.3. The third-order valence-corrected chi connectivity index (χ3v) is 4.82. The molecule has 2 aromatic carbocycles. The minimum Gasteiger partial charge on any atom is -0.366 e. The normalized spacial score (nSPS) is 11.5. The van der Waals surface area contributed by atoms with Crippen LogP contribution in [0, 0.1) is 0 Å². The number of carbonyl (C=O) groups excluding carboxylic acids is 1. The van der Waals surface area contributed by atoms with E-state index in [-0.39, 0.29) is 29.4 Å². The van der Waals surface area contributed by atoms with Gasteiger partial charge in [0.2, 0.25) is 5.91 Å². The summed E-state index contributed by atoms with van der Waals surface area (Å²) in [5.74, 6) is 0.330. The molecule has 0 saturated heterocycles. The lowest BCUT2D eigenvalue weighted by atomic mass is 9.84. The van der Waals surface area contributed by atoms with Crippen LogP contribution < -0.4 is 16.4 Å². The standard InChI is InChI=1S/C23H32N4O.HI/c1-5-17-10-12-20(13-11-17)23(3,4)16-27-22(25-6-2)26-15-18-8-7-9-19(14-18)21(24)28;/h7-14H,5-6,15-16H2,1-4H3,(H2,24,28)(H2,25,26,27);1H. The fourth-order valence-corrected chi connectivity index (χ4v) is 2.93.